The van der Waals surface area contributed by atoms with Gasteiger partial charge in [0.05, 0.1) is 0 Å². The second-order valence-corrected chi connectivity index (χ2v) is 6.64. The molecule has 0 fully saturated rings. The number of aryl methyl sites for hydroxylation is 1. The molecule has 0 saturated carbocycles. The Morgan fingerprint density at radius 3 is 2.15 bits per heavy atom. The van der Waals surface area contributed by atoms with Crippen LogP contribution in [0.25, 0.3) is 0 Å². The summed E-state index contributed by atoms with van der Waals surface area (Å²) in [5, 5.41) is 5.58. The molecule has 2 rings (SSSR count). The Balaban J connectivity index is 2.04. The van der Waals surface area contributed by atoms with Gasteiger partial charge in [-0.3, -0.25) is 9.59 Å². The molecule has 26 heavy (non-hydrogen) atoms. The molecule has 0 bridgehead atoms. The average molecular weight is 356 g/mol. The third-order valence-electron chi connectivity index (χ3n) is 4.10. The Morgan fingerprint density at radius 1 is 1.00 bits per heavy atom. The van der Waals surface area contributed by atoms with Crippen molar-refractivity contribution in [1.29, 1.82) is 0 Å². The van der Waals surface area contributed by atoms with Crippen LogP contribution in [-0.2, 0) is 11.2 Å². The van der Waals surface area contributed by atoms with Gasteiger partial charge in [0.1, 0.15) is 11.9 Å². The molecule has 0 radical (unpaired) electrons. The summed E-state index contributed by atoms with van der Waals surface area (Å²) >= 11 is 0. The summed E-state index contributed by atoms with van der Waals surface area (Å²) < 4.78 is 13.0. The van der Waals surface area contributed by atoms with Crippen LogP contribution in [0.15, 0.2) is 48.5 Å². The van der Waals surface area contributed by atoms with Crippen LogP contribution in [-0.4, -0.2) is 17.9 Å². The number of rotatable bonds is 7. The quantitative estimate of drug-likeness (QED) is 0.782. The van der Waals surface area contributed by atoms with Crippen LogP contribution in [0.2, 0.25) is 0 Å². The Hall–Kier alpha value is -2.69. The first kappa shape index (κ1) is 19.6. The number of anilines is 1. The van der Waals surface area contributed by atoms with Gasteiger partial charge in [-0.05, 0) is 54.3 Å². The number of benzene rings is 2. The number of halogens is 1. The molecule has 0 aliphatic rings. The van der Waals surface area contributed by atoms with Crippen molar-refractivity contribution in [3.63, 3.8) is 0 Å². The second-order valence-electron chi connectivity index (χ2n) is 6.64. The fraction of sp³-hybridized carbons (Fsp3) is 0.333. The van der Waals surface area contributed by atoms with Crippen LogP contribution in [0.4, 0.5) is 10.1 Å². The highest BCUT2D eigenvalue weighted by Crippen LogP contribution is 2.13. The summed E-state index contributed by atoms with van der Waals surface area (Å²) in [5.74, 6) is -1.19. The topological polar surface area (TPSA) is 58.2 Å². The largest absolute Gasteiger partial charge is 0.340 e. The van der Waals surface area contributed by atoms with Gasteiger partial charge < -0.3 is 10.6 Å². The van der Waals surface area contributed by atoms with Crippen LogP contribution >= 0.6 is 0 Å². The van der Waals surface area contributed by atoms with Gasteiger partial charge >= 0.3 is 0 Å². The van der Waals surface area contributed by atoms with E-state index < -0.39 is 17.8 Å². The van der Waals surface area contributed by atoms with E-state index in [1.54, 1.807) is 0 Å². The first-order valence-corrected chi connectivity index (χ1v) is 8.87. The maximum atomic E-state index is 13.0. The fourth-order valence-corrected chi connectivity index (χ4v) is 2.62. The lowest BCUT2D eigenvalue weighted by molar-refractivity contribution is -0.118. The highest BCUT2D eigenvalue weighted by atomic mass is 19.1. The number of carbonyl (C=O) groups excluding carboxylic acids is 2. The van der Waals surface area contributed by atoms with Gasteiger partial charge in [-0.25, -0.2) is 4.39 Å². The van der Waals surface area contributed by atoms with Crippen molar-refractivity contribution in [3.05, 3.63) is 65.5 Å². The molecule has 0 aromatic heterocycles. The van der Waals surface area contributed by atoms with Crippen molar-refractivity contribution < 1.29 is 14.0 Å². The van der Waals surface area contributed by atoms with Gasteiger partial charge in [0.2, 0.25) is 5.91 Å². The van der Waals surface area contributed by atoms with E-state index in [-0.39, 0.29) is 11.8 Å². The lowest BCUT2D eigenvalue weighted by atomic mass is 10.0. The first-order valence-electron chi connectivity index (χ1n) is 8.87. The predicted octanol–water partition coefficient (Wildman–Crippen LogP) is 4.17. The van der Waals surface area contributed by atoms with E-state index in [2.05, 4.69) is 17.6 Å². The van der Waals surface area contributed by atoms with Gasteiger partial charge in [0.25, 0.3) is 5.91 Å². The minimum atomic E-state index is -0.692. The minimum Gasteiger partial charge on any atom is -0.340 e. The molecule has 138 valence electrons. The first-order chi connectivity index (χ1) is 12.4. The van der Waals surface area contributed by atoms with Gasteiger partial charge in [-0.1, -0.05) is 39.3 Å². The van der Waals surface area contributed by atoms with Crippen molar-refractivity contribution in [1.82, 2.24) is 5.32 Å². The Labute approximate surface area is 153 Å². The minimum absolute atomic E-state index is 0.0984. The van der Waals surface area contributed by atoms with E-state index in [4.69, 9.17) is 0 Å². The standard InChI is InChI=1S/C21H25FN2O2/c1-4-5-15-6-12-18(13-7-15)23-21(26)19(14(2)3)24-20(25)16-8-10-17(22)11-9-16/h6-14,19H,4-5H2,1-3H3,(H,23,26)(H,24,25). The van der Waals surface area contributed by atoms with Crippen LogP contribution < -0.4 is 10.6 Å². The Morgan fingerprint density at radius 2 is 1.62 bits per heavy atom. The summed E-state index contributed by atoms with van der Waals surface area (Å²) in [6.45, 7) is 5.84. The van der Waals surface area contributed by atoms with Gasteiger partial charge in [-0.15, -0.1) is 0 Å². The number of amides is 2. The third-order valence-corrected chi connectivity index (χ3v) is 4.10. The van der Waals surface area contributed by atoms with Crippen molar-refractivity contribution in [2.24, 2.45) is 5.92 Å². The maximum Gasteiger partial charge on any atom is 0.251 e. The molecule has 2 N–H and O–H groups in total. The molecule has 2 aromatic carbocycles. The third kappa shape index (κ3) is 5.41. The maximum absolute atomic E-state index is 13.0. The predicted molar refractivity (Wildman–Crippen MR) is 102 cm³/mol. The number of hydrogen-bond donors (Lipinski definition) is 2. The fourth-order valence-electron chi connectivity index (χ4n) is 2.62. The van der Waals surface area contributed by atoms with Crippen molar-refractivity contribution in [3.8, 4) is 0 Å². The lowest BCUT2D eigenvalue weighted by Gasteiger charge is -2.22. The molecule has 2 aromatic rings. The summed E-state index contributed by atoms with van der Waals surface area (Å²) in [7, 11) is 0. The molecule has 0 aliphatic carbocycles. The molecule has 0 heterocycles. The van der Waals surface area contributed by atoms with Crippen LogP contribution in [0.1, 0.15) is 43.1 Å². The molecule has 0 aliphatic heterocycles. The summed E-state index contributed by atoms with van der Waals surface area (Å²) in [5.41, 5.74) is 2.22. The zero-order chi connectivity index (χ0) is 19.1. The SMILES string of the molecule is CCCc1ccc(NC(=O)C(NC(=O)c2ccc(F)cc2)C(C)C)cc1. The van der Waals surface area contributed by atoms with Crippen molar-refractivity contribution in [2.45, 2.75) is 39.7 Å². The molecule has 1 unspecified atom stereocenters. The number of carbonyl (C=O) groups is 2. The van der Waals surface area contributed by atoms with Crippen LogP contribution in [0.3, 0.4) is 0 Å². The number of nitrogens with one attached hydrogen (secondary N) is 2. The summed E-state index contributed by atoms with van der Waals surface area (Å²) in [6.07, 6.45) is 2.06. The summed E-state index contributed by atoms with van der Waals surface area (Å²) in [4.78, 5) is 24.9. The van der Waals surface area contributed by atoms with Gasteiger partial charge in [-0.2, -0.15) is 0 Å². The highest BCUT2D eigenvalue weighted by molar-refractivity contribution is 6.01. The van der Waals surface area contributed by atoms with E-state index in [1.165, 1.54) is 29.8 Å². The normalized spacial score (nSPS) is 11.9. The number of hydrogen-bond acceptors (Lipinski definition) is 2. The second kappa shape index (κ2) is 9.13. The molecule has 1 atom stereocenters. The lowest BCUT2D eigenvalue weighted by Crippen LogP contribution is -2.47. The monoisotopic (exact) mass is 356 g/mol. The molecular weight excluding hydrogens is 331 g/mol. The molecule has 2 amide bonds. The highest BCUT2D eigenvalue weighted by Gasteiger charge is 2.24. The zero-order valence-corrected chi connectivity index (χ0v) is 15.4. The van der Waals surface area contributed by atoms with E-state index in [1.807, 2.05) is 38.1 Å². The van der Waals surface area contributed by atoms with E-state index in [0.29, 0.717) is 11.3 Å². The van der Waals surface area contributed by atoms with Gasteiger partial charge in [0, 0.05) is 11.3 Å². The average Bonchev–Trinajstić information content (AvgIpc) is 2.61. The van der Waals surface area contributed by atoms with Gasteiger partial charge in [0.15, 0.2) is 0 Å². The van der Waals surface area contributed by atoms with Crippen LogP contribution in [0.5, 0.6) is 0 Å². The van der Waals surface area contributed by atoms with E-state index >= 15 is 0 Å². The van der Waals surface area contributed by atoms with Crippen molar-refractivity contribution >= 4 is 17.5 Å². The zero-order valence-electron chi connectivity index (χ0n) is 15.4. The van der Waals surface area contributed by atoms with Crippen LogP contribution in [0, 0.1) is 11.7 Å². The Bertz CT molecular complexity index is 740. The van der Waals surface area contributed by atoms with E-state index in [0.717, 1.165) is 12.8 Å². The Kier molecular flexibility index (Phi) is 6.89. The van der Waals surface area contributed by atoms with Crippen molar-refractivity contribution in [2.75, 3.05) is 5.32 Å². The summed E-state index contributed by atoms with van der Waals surface area (Å²) in [6, 6.07) is 12.2. The molecule has 5 heteroatoms. The smallest absolute Gasteiger partial charge is 0.251 e. The molecular formula is C21H25FN2O2. The molecule has 4 nitrogen and oxygen atoms in total. The molecule has 0 spiro atoms. The molecule has 0 saturated heterocycles. The van der Waals surface area contributed by atoms with E-state index in [9.17, 15) is 14.0 Å².